The van der Waals surface area contributed by atoms with Crippen molar-refractivity contribution < 1.29 is 18.3 Å². The van der Waals surface area contributed by atoms with Gasteiger partial charge in [0.2, 0.25) is 10.0 Å². The van der Waals surface area contributed by atoms with E-state index in [1.54, 1.807) is 0 Å². The number of ether oxygens (including phenoxy) is 1. The molecule has 0 spiro atoms. The van der Waals surface area contributed by atoms with Gasteiger partial charge in [0, 0.05) is 38.9 Å². The molecule has 24 heavy (non-hydrogen) atoms. The summed E-state index contributed by atoms with van der Waals surface area (Å²) in [5.74, 6) is 0.442. The lowest BCUT2D eigenvalue weighted by molar-refractivity contribution is -0.101. The van der Waals surface area contributed by atoms with Crippen molar-refractivity contribution in [1.29, 1.82) is 0 Å². The monoisotopic (exact) mass is 358 g/mol. The number of morpholine rings is 1. The minimum Gasteiger partial charge on any atom is -0.394 e. The zero-order valence-corrected chi connectivity index (χ0v) is 15.4. The van der Waals surface area contributed by atoms with E-state index < -0.39 is 15.6 Å². The highest BCUT2D eigenvalue weighted by atomic mass is 32.2. The van der Waals surface area contributed by atoms with Crippen molar-refractivity contribution in [3.05, 3.63) is 18.3 Å². The van der Waals surface area contributed by atoms with Gasteiger partial charge in [-0.05, 0) is 20.0 Å². The summed E-state index contributed by atoms with van der Waals surface area (Å²) in [5.41, 5.74) is -0.574. The second-order valence-corrected chi connectivity index (χ2v) is 8.53. The third kappa shape index (κ3) is 3.70. The van der Waals surface area contributed by atoms with E-state index in [0.717, 1.165) is 4.31 Å². The minimum atomic E-state index is -3.51. The van der Waals surface area contributed by atoms with Crippen LogP contribution >= 0.6 is 0 Å². The van der Waals surface area contributed by atoms with E-state index in [-0.39, 0.29) is 17.5 Å². The zero-order chi connectivity index (χ0) is 18.0. The lowest BCUT2D eigenvalue weighted by Gasteiger charge is -2.47. The molecule has 0 radical (unpaired) electrons. The quantitative estimate of drug-likeness (QED) is 0.729. The molecule has 0 aromatic carbocycles. The summed E-state index contributed by atoms with van der Waals surface area (Å²) >= 11 is 0. The van der Waals surface area contributed by atoms with E-state index >= 15 is 0 Å². The summed E-state index contributed by atoms with van der Waals surface area (Å²) < 4.78 is 31.2. The molecule has 1 fully saturated rings. The van der Waals surface area contributed by atoms with Gasteiger partial charge in [0.05, 0.1) is 30.3 Å². The second kappa shape index (κ2) is 7.32. The Morgan fingerprint density at radius 1 is 1.54 bits per heavy atom. The molecule has 1 aromatic heterocycles. The first-order valence-electron chi connectivity index (χ1n) is 7.77. The van der Waals surface area contributed by atoms with Crippen LogP contribution < -0.4 is 5.32 Å². The molecule has 0 aliphatic carbocycles. The molecule has 2 N–H and O–H groups in total. The third-order valence-corrected chi connectivity index (χ3v) is 6.35. The van der Waals surface area contributed by atoms with E-state index in [2.05, 4.69) is 15.2 Å². The Bertz CT molecular complexity index is 667. The maximum atomic E-state index is 12.2. The summed E-state index contributed by atoms with van der Waals surface area (Å²) in [5, 5.41) is 13.0. The molecule has 9 heteroatoms. The fourth-order valence-corrected chi connectivity index (χ4v) is 3.54. The molecule has 1 aliphatic rings. The van der Waals surface area contributed by atoms with Crippen LogP contribution in [0.2, 0.25) is 0 Å². The molecule has 0 amide bonds. The molecule has 0 unspecified atom stereocenters. The maximum absolute atomic E-state index is 12.2. The van der Waals surface area contributed by atoms with Crippen LogP contribution in [0.3, 0.4) is 0 Å². The highest BCUT2D eigenvalue weighted by Gasteiger charge is 2.40. The Hall–Kier alpha value is -1.26. The first kappa shape index (κ1) is 19.1. The van der Waals surface area contributed by atoms with Crippen molar-refractivity contribution in [1.82, 2.24) is 14.2 Å². The maximum Gasteiger partial charge on any atom is 0.242 e. The fraction of sp³-hybridized carbons (Fsp3) is 0.667. The van der Waals surface area contributed by atoms with Gasteiger partial charge in [0.25, 0.3) is 0 Å². The van der Waals surface area contributed by atoms with Crippen molar-refractivity contribution in [2.45, 2.75) is 23.4 Å². The third-order valence-electron chi connectivity index (χ3n) is 4.54. The standard InChI is InChI=1S/C15H26N4O4S/c1-12-8-23-11-15(10-20,19(12)4)9-17-14-7-13(5-6-16-14)24(21,22)18(2)3/h5-7,12,20H,8-11H2,1-4H3,(H,16,17)/t12-,15+/m1/s1. The van der Waals surface area contributed by atoms with Crippen molar-refractivity contribution in [3.8, 4) is 0 Å². The average Bonchev–Trinajstić information content (AvgIpc) is 2.56. The second-order valence-electron chi connectivity index (χ2n) is 6.38. The Morgan fingerprint density at radius 3 is 2.88 bits per heavy atom. The summed E-state index contributed by atoms with van der Waals surface area (Å²) in [4.78, 5) is 6.43. The van der Waals surface area contributed by atoms with Crippen molar-refractivity contribution in [2.75, 3.05) is 52.8 Å². The molecule has 2 heterocycles. The predicted octanol–water partition coefficient (Wildman–Crippen LogP) is -0.175. The van der Waals surface area contributed by atoms with E-state index in [9.17, 15) is 13.5 Å². The van der Waals surface area contributed by atoms with E-state index in [1.165, 1.54) is 32.4 Å². The summed E-state index contributed by atoms with van der Waals surface area (Å²) in [6.07, 6.45) is 1.45. The van der Waals surface area contributed by atoms with Crippen LogP contribution in [-0.4, -0.2) is 86.8 Å². The van der Waals surface area contributed by atoms with Gasteiger partial charge < -0.3 is 15.2 Å². The number of hydrogen-bond donors (Lipinski definition) is 2. The van der Waals surface area contributed by atoms with Crippen molar-refractivity contribution >= 4 is 15.8 Å². The molecule has 1 saturated heterocycles. The van der Waals surface area contributed by atoms with Gasteiger partial charge in [-0.25, -0.2) is 17.7 Å². The van der Waals surface area contributed by atoms with Gasteiger partial charge in [-0.1, -0.05) is 0 Å². The van der Waals surface area contributed by atoms with Crippen LogP contribution in [0, 0.1) is 0 Å². The highest BCUT2D eigenvalue weighted by molar-refractivity contribution is 7.89. The molecule has 136 valence electrons. The molecular weight excluding hydrogens is 332 g/mol. The van der Waals surface area contributed by atoms with Gasteiger partial charge in [-0.2, -0.15) is 0 Å². The number of sulfonamides is 1. The number of aromatic nitrogens is 1. The number of pyridine rings is 1. The molecular formula is C15H26N4O4S. The largest absolute Gasteiger partial charge is 0.394 e. The topological polar surface area (TPSA) is 95.0 Å². The number of aliphatic hydroxyl groups is 1. The Morgan fingerprint density at radius 2 is 2.25 bits per heavy atom. The molecule has 0 saturated carbocycles. The minimum absolute atomic E-state index is 0.0729. The first-order chi connectivity index (χ1) is 11.2. The van der Waals surface area contributed by atoms with Crippen LogP contribution in [0.5, 0.6) is 0 Å². The van der Waals surface area contributed by atoms with E-state index in [0.29, 0.717) is 25.6 Å². The number of nitrogens with one attached hydrogen (secondary N) is 1. The lowest BCUT2D eigenvalue weighted by Crippen LogP contribution is -2.64. The van der Waals surface area contributed by atoms with Crippen LogP contribution in [0.1, 0.15) is 6.92 Å². The smallest absolute Gasteiger partial charge is 0.242 e. The normalized spacial score (nSPS) is 25.8. The summed E-state index contributed by atoms with van der Waals surface area (Å²) in [6.45, 7) is 3.37. The van der Waals surface area contributed by atoms with Crippen LogP contribution in [-0.2, 0) is 14.8 Å². The van der Waals surface area contributed by atoms with Crippen LogP contribution in [0.15, 0.2) is 23.2 Å². The summed E-state index contributed by atoms with van der Waals surface area (Å²) in [7, 11) is 1.41. The zero-order valence-electron chi connectivity index (χ0n) is 14.6. The SMILES string of the molecule is C[C@@H]1COC[C@@](CO)(CNc2cc(S(=O)(=O)N(C)C)ccn2)N1C. The number of rotatable bonds is 6. The predicted molar refractivity (Wildman–Crippen MR) is 91.5 cm³/mol. The number of aliphatic hydroxyl groups excluding tert-OH is 1. The van der Waals surface area contributed by atoms with Gasteiger partial charge >= 0.3 is 0 Å². The Balaban J connectivity index is 2.17. The summed E-state index contributed by atoms with van der Waals surface area (Å²) in [6, 6.07) is 3.13. The van der Waals surface area contributed by atoms with Gasteiger partial charge in [0.15, 0.2) is 0 Å². The van der Waals surface area contributed by atoms with Crippen LogP contribution in [0.4, 0.5) is 5.82 Å². The lowest BCUT2D eigenvalue weighted by atomic mass is 9.96. The van der Waals surface area contributed by atoms with Gasteiger partial charge in [-0.15, -0.1) is 0 Å². The average molecular weight is 358 g/mol. The number of hydrogen-bond acceptors (Lipinski definition) is 7. The fourth-order valence-electron chi connectivity index (χ4n) is 2.62. The van der Waals surface area contributed by atoms with Crippen LogP contribution in [0.25, 0.3) is 0 Å². The number of anilines is 1. The first-order valence-corrected chi connectivity index (χ1v) is 9.21. The van der Waals surface area contributed by atoms with Gasteiger partial charge in [0.1, 0.15) is 5.82 Å². The molecule has 1 aromatic rings. The highest BCUT2D eigenvalue weighted by Crippen LogP contribution is 2.23. The molecule has 1 aliphatic heterocycles. The molecule has 8 nitrogen and oxygen atoms in total. The molecule has 2 atom stereocenters. The number of nitrogens with zero attached hydrogens (tertiary/aromatic N) is 3. The van der Waals surface area contributed by atoms with E-state index in [4.69, 9.17) is 4.74 Å². The van der Waals surface area contributed by atoms with Crippen molar-refractivity contribution in [3.63, 3.8) is 0 Å². The molecule has 0 bridgehead atoms. The van der Waals surface area contributed by atoms with E-state index in [1.807, 2.05) is 14.0 Å². The Kier molecular flexibility index (Phi) is 5.82. The molecule has 2 rings (SSSR count). The number of likely N-dealkylation sites (N-methyl/N-ethyl adjacent to an activating group) is 1. The van der Waals surface area contributed by atoms with Gasteiger partial charge in [-0.3, -0.25) is 4.90 Å². The Labute approximate surface area is 143 Å². The van der Waals surface area contributed by atoms with Crippen molar-refractivity contribution in [2.24, 2.45) is 0 Å².